The minimum atomic E-state index is -2.21. The second-order valence-electron chi connectivity index (χ2n) is 11.8. The van der Waals surface area contributed by atoms with E-state index >= 15 is 0 Å². The van der Waals surface area contributed by atoms with E-state index in [2.05, 4.69) is 80.1 Å². The predicted molar refractivity (Wildman–Crippen MR) is 157 cm³/mol. The van der Waals surface area contributed by atoms with Crippen molar-refractivity contribution in [3.63, 3.8) is 0 Å². The van der Waals surface area contributed by atoms with Crippen molar-refractivity contribution in [2.75, 3.05) is 24.6 Å². The molecule has 0 spiro atoms. The molecule has 0 radical (unpaired) electrons. The number of nitrogens with one attached hydrogen (secondary N) is 1. The molecule has 1 aliphatic heterocycles. The number of rotatable bonds is 7. The van der Waals surface area contributed by atoms with Crippen molar-refractivity contribution in [2.45, 2.75) is 58.4 Å². The first-order chi connectivity index (χ1) is 18.1. The van der Waals surface area contributed by atoms with E-state index in [1.807, 2.05) is 31.2 Å². The summed E-state index contributed by atoms with van der Waals surface area (Å²) in [6.07, 6.45) is 0.415. The Morgan fingerprint density at radius 1 is 1.08 bits per heavy atom. The third-order valence-corrected chi connectivity index (χ3v) is 12.6. The Morgan fingerprint density at radius 3 is 2.50 bits per heavy atom. The number of esters is 1. The summed E-state index contributed by atoms with van der Waals surface area (Å²) in [5.74, 6) is 0.275. The maximum Gasteiger partial charge on any atom is 0.313 e. The Labute approximate surface area is 226 Å². The van der Waals surface area contributed by atoms with Gasteiger partial charge in [0.05, 0.1) is 18.2 Å². The number of H-pyrrole nitrogens is 1. The van der Waals surface area contributed by atoms with Crippen LogP contribution < -0.4 is 4.90 Å². The molecular weight excluding hydrogens is 490 g/mol. The largest absolute Gasteiger partial charge is 0.466 e. The number of hydrogen-bond donors (Lipinski definition) is 1. The van der Waals surface area contributed by atoms with Crippen molar-refractivity contribution in [3.8, 4) is 0 Å². The molecule has 6 nitrogen and oxygen atoms in total. The van der Waals surface area contributed by atoms with Gasteiger partial charge in [-0.1, -0.05) is 57.2 Å². The van der Waals surface area contributed by atoms with Gasteiger partial charge in [0.1, 0.15) is 11.7 Å². The fourth-order valence-electron chi connectivity index (χ4n) is 5.03. The van der Waals surface area contributed by atoms with Crippen LogP contribution in [0, 0.1) is 5.92 Å². The molecule has 200 valence electrons. The summed E-state index contributed by atoms with van der Waals surface area (Å²) in [5.41, 5.74) is 4.23. The third-order valence-electron chi connectivity index (χ3n) is 8.17. The molecule has 0 unspecified atom stereocenters. The van der Waals surface area contributed by atoms with Crippen LogP contribution in [0.5, 0.6) is 0 Å². The Bertz CT molecular complexity index is 1420. The first-order valence-electron chi connectivity index (χ1n) is 13.6. The van der Waals surface area contributed by atoms with Crippen LogP contribution >= 0.6 is 0 Å². The van der Waals surface area contributed by atoms with Gasteiger partial charge in [0.2, 0.25) is 0 Å². The topological polar surface area (TPSA) is 67.5 Å². The first kappa shape index (κ1) is 26.4. The van der Waals surface area contributed by atoms with E-state index in [-0.39, 0.29) is 11.0 Å². The van der Waals surface area contributed by atoms with Crippen LogP contribution in [-0.2, 0) is 20.4 Å². The lowest BCUT2D eigenvalue weighted by atomic mass is 9.90. The number of carbonyl (C=O) groups is 1. The fraction of sp³-hybridized carbons (Fsp3) is 0.419. The molecule has 0 amide bonds. The molecule has 5 rings (SSSR count). The number of anilines is 1. The van der Waals surface area contributed by atoms with Gasteiger partial charge in [-0.3, -0.25) is 4.79 Å². The van der Waals surface area contributed by atoms with Crippen molar-refractivity contribution in [2.24, 2.45) is 5.92 Å². The van der Waals surface area contributed by atoms with Crippen LogP contribution in [0.4, 0.5) is 5.82 Å². The number of benzene rings is 2. The summed E-state index contributed by atoms with van der Waals surface area (Å²) >= 11 is 0. The molecular formula is C31H39N3O3Si. The maximum absolute atomic E-state index is 13.4. The van der Waals surface area contributed by atoms with E-state index in [1.165, 1.54) is 11.1 Å². The number of nitrogens with zero attached hydrogens (tertiary/aromatic N) is 2. The van der Waals surface area contributed by atoms with E-state index in [9.17, 15) is 4.79 Å². The second kappa shape index (κ2) is 10.2. The van der Waals surface area contributed by atoms with Gasteiger partial charge in [0, 0.05) is 41.7 Å². The monoisotopic (exact) mass is 529 g/mol. The molecule has 3 heterocycles. The Balaban J connectivity index is 1.56. The van der Waals surface area contributed by atoms with Crippen molar-refractivity contribution in [3.05, 3.63) is 71.9 Å². The highest BCUT2D eigenvalue weighted by Crippen LogP contribution is 2.46. The second-order valence-corrected chi connectivity index (χ2v) is 16.6. The van der Waals surface area contributed by atoms with Crippen LogP contribution in [0.15, 0.2) is 60.7 Å². The first-order valence-corrected chi connectivity index (χ1v) is 16.5. The van der Waals surface area contributed by atoms with Crippen LogP contribution in [0.2, 0.25) is 18.1 Å². The molecule has 38 heavy (non-hydrogen) atoms. The number of hydrogen-bond acceptors (Lipinski definition) is 5. The lowest BCUT2D eigenvalue weighted by Crippen LogP contribution is -2.49. The van der Waals surface area contributed by atoms with E-state index in [0.29, 0.717) is 13.2 Å². The van der Waals surface area contributed by atoms with Crippen LogP contribution in [0.3, 0.4) is 0 Å². The SMILES string of the molecule is CCOC(=O)[C@H]1CN(CCc2cc3ccccc3[nH]2)c2nc3ccccc3cc2[C@H]1O[Si](C)(C)C(C)(C)C. The number of para-hydroxylation sites is 2. The molecule has 4 aromatic rings. The number of aromatic nitrogens is 2. The van der Waals surface area contributed by atoms with Gasteiger partial charge in [-0.2, -0.15) is 0 Å². The highest BCUT2D eigenvalue weighted by Gasteiger charge is 2.46. The third kappa shape index (κ3) is 5.09. The Kier molecular flexibility index (Phi) is 7.09. The lowest BCUT2D eigenvalue weighted by molar-refractivity contribution is -0.151. The highest BCUT2D eigenvalue weighted by atomic mass is 28.4. The summed E-state index contributed by atoms with van der Waals surface area (Å²) in [4.78, 5) is 24.3. The smallest absolute Gasteiger partial charge is 0.313 e. The van der Waals surface area contributed by atoms with Crippen molar-refractivity contribution < 1.29 is 14.0 Å². The van der Waals surface area contributed by atoms with Crippen molar-refractivity contribution >= 4 is 41.9 Å². The van der Waals surface area contributed by atoms with E-state index in [4.69, 9.17) is 14.1 Å². The van der Waals surface area contributed by atoms with E-state index < -0.39 is 20.3 Å². The molecule has 2 aromatic heterocycles. The van der Waals surface area contributed by atoms with Gasteiger partial charge in [-0.25, -0.2) is 4.98 Å². The van der Waals surface area contributed by atoms with Gasteiger partial charge < -0.3 is 19.0 Å². The summed E-state index contributed by atoms with van der Waals surface area (Å²) in [6.45, 7) is 14.6. The standard InChI is InChI=1S/C31H39N3O3Si/c1-7-36-30(35)25-20-34(17-16-23-18-21-12-8-10-14-26(21)32-23)29-24(19-22-13-9-11-15-27(22)33-29)28(25)37-38(5,6)31(2,3)4/h8-15,18-19,25,28,32H,7,16-17,20H2,1-6H3/t25-,28+/m0/s1. The molecule has 0 aliphatic carbocycles. The summed E-state index contributed by atoms with van der Waals surface area (Å²) < 4.78 is 12.6. The fourth-order valence-corrected chi connectivity index (χ4v) is 6.31. The number of carbonyl (C=O) groups excluding carboxylic acids is 1. The zero-order valence-electron chi connectivity index (χ0n) is 23.4. The summed E-state index contributed by atoms with van der Waals surface area (Å²) in [6, 6.07) is 20.9. The van der Waals surface area contributed by atoms with Gasteiger partial charge in [0.15, 0.2) is 8.32 Å². The quantitative estimate of drug-likeness (QED) is 0.206. The average Bonchev–Trinajstić information content (AvgIpc) is 3.29. The number of fused-ring (bicyclic) bond motifs is 3. The van der Waals surface area contributed by atoms with E-state index in [1.54, 1.807) is 0 Å². The summed E-state index contributed by atoms with van der Waals surface area (Å²) in [7, 11) is -2.21. The molecule has 0 saturated heterocycles. The van der Waals surface area contributed by atoms with Gasteiger partial charge in [-0.15, -0.1) is 0 Å². The highest BCUT2D eigenvalue weighted by molar-refractivity contribution is 6.74. The molecule has 0 fully saturated rings. The zero-order chi connectivity index (χ0) is 27.1. The molecule has 2 aromatic carbocycles. The molecule has 0 saturated carbocycles. The number of pyridine rings is 1. The number of aromatic amines is 1. The molecule has 0 bridgehead atoms. The lowest BCUT2D eigenvalue weighted by Gasteiger charge is -2.45. The van der Waals surface area contributed by atoms with Crippen molar-refractivity contribution in [1.29, 1.82) is 0 Å². The minimum Gasteiger partial charge on any atom is -0.466 e. The minimum absolute atomic E-state index is 0.00338. The van der Waals surface area contributed by atoms with Gasteiger partial charge in [0.25, 0.3) is 0 Å². The maximum atomic E-state index is 13.4. The van der Waals surface area contributed by atoms with Crippen LogP contribution in [0.1, 0.15) is 45.1 Å². The normalized spacial score (nSPS) is 18.1. The molecule has 1 aliphatic rings. The van der Waals surface area contributed by atoms with Gasteiger partial charge in [-0.05, 0) is 54.7 Å². The Hall–Kier alpha value is -3.16. The van der Waals surface area contributed by atoms with E-state index in [0.717, 1.165) is 40.8 Å². The van der Waals surface area contributed by atoms with Gasteiger partial charge >= 0.3 is 5.97 Å². The Morgan fingerprint density at radius 2 is 1.79 bits per heavy atom. The van der Waals surface area contributed by atoms with Crippen molar-refractivity contribution in [1.82, 2.24) is 9.97 Å². The van der Waals surface area contributed by atoms with Crippen LogP contribution in [-0.4, -0.2) is 44.0 Å². The molecule has 1 N–H and O–H groups in total. The average molecular weight is 530 g/mol. The summed E-state index contributed by atoms with van der Waals surface area (Å²) in [5, 5.41) is 2.26. The molecule has 7 heteroatoms. The zero-order valence-corrected chi connectivity index (χ0v) is 24.4. The predicted octanol–water partition coefficient (Wildman–Crippen LogP) is 7.02. The molecule has 2 atom stereocenters. The number of ether oxygens (including phenoxy) is 1. The van der Waals surface area contributed by atoms with Crippen LogP contribution in [0.25, 0.3) is 21.8 Å².